The lowest BCUT2D eigenvalue weighted by molar-refractivity contribution is -0.148. The molecule has 0 aromatic heterocycles. The van der Waals surface area contributed by atoms with Crippen LogP contribution in [-0.4, -0.2) is 21.8 Å². The standard InChI is InChI=1S/C11H16O3/c1-3-8(2)11(14)7-5-4-6-9(11)10(12)13/h4-9,14H,3H2,1-2H3,(H,12,13). The predicted molar refractivity (Wildman–Crippen MR) is 53.8 cm³/mol. The fourth-order valence-corrected chi connectivity index (χ4v) is 1.72. The molecule has 1 aliphatic carbocycles. The van der Waals surface area contributed by atoms with Crippen molar-refractivity contribution < 1.29 is 15.0 Å². The molecule has 0 radical (unpaired) electrons. The summed E-state index contributed by atoms with van der Waals surface area (Å²) in [5, 5.41) is 19.2. The molecule has 3 nitrogen and oxygen atoms in total. The Morgan fingerprint density at radius 2 is 2.21 bits per heavy atom. The van der Waals surface area contributed by atoms with Gasteiger partial charge in [0, 0.05) is 0 Å². The summed E-state index contributed by atoms with van der Waals surface area (Å²) in [5.41, 5.74) is -1.24. The summed E-state index contributed by atoms with van der Waals surface area (Å²) in [6.45, 7) is 3.80. The van der Waals surface area contributed by atoms with Crippen LogP contribution in [0.25, 0.3) is 0 Å². The van der Waals surface area contributed by atoms with Crippen LogP contribution in [0.2, 0.25) is 0 Å². The zero-order valence-electron chi connectivity index (χ0n) is 8.47. The lowest BCUT2D eigenvalue weighted by Gasteiger charge is -2.36. The van der Waals surface area contributed by atoms with Gasteiger partial charge in [0.2, 0.25) is 0 Å². The van der Waals surface area contributed by atoms with Crippen LogP contribution in [0, 0.1) is 11.8 Å². The van der Waals surface area contributed by atoms with Gasteiger partial charge in [0.25, 0.3) is 0 Å². The molecule has 78 valence electrons. The maximum absolute atomic E-state index is 10.9. The minimum absolute atomic E-state index is 0.0650. The zero-order valence-corrected chi connectivity index (χ0v) is 8.47. The van der Waals surface area contributed by atoms with E-state index in [-0.39, 0.29) is 5.92 Å². The molecule has 0 spiro atoms. The Morgan fingerprint density at radius 1 is 1.57 bits per heavy atom. The molecule has 0 bridgehead atoms. The minimum Gasteiger partial charge on any atom is -0.481 e. The Morgan fingerprint density at radius 3 is 2.71 bits per heavy atom. The van der Waals surface area contributed by atoms with Crippen molar-refractivity contribution in [2.45, 2.75) is 25.9 Å². The van der Waals surface area contributed by atoms with Crippen LogP contribution in [0.15, 0.2) is 24.3 Å². The molecule has 3 heteroatoms. The van der Waals surface area contributed by atoms with E-state index in [4.69, 9.17) is 5.11 Å². The Hall–Kier alpha value is -1.09. The fourth-order valence-electron chi connectivity index (χ4n) is 1.72. The number of rotatable bonds is 3. The molecule has 2 N–H and O–H groups in total. The number of carboxylic acids is 1. The van der Waals surface area contributed by atoms with Crippen LogP contribution < -0.4 is 0 Å². The number of aliphatic carboxylic acids is 1. The normalized spacial score (nSPS) is 32.9. The van der Waals surface area contributed by atoms with E-state index < -0.39 is 17.5 Å². The van der Waals surface area contributed by atoms with Crippen molar-refractivity contribution >= 4 is 5.97 Å². The van der Waals surface area contributed by atoms with Gasteiger partial charge in [0.05, 0.1) is 0 Å². The Labute approximate surface area is 83.8 Å². The summed E-state index contributed by atoms with van der Waals surface area (Å²) in [7, 11) is 0. The van der Waals surface area contributed by atoms with Crippen LogP contribution in [-0.2, 0) is 4.79 Å². The number of carboxylic acid groups (broad SMARTS) is 1. The molecular formula is C11H16O3. The van der Waals surface area contributed by atoms with Crippen molar-refractivity contribution in [2.24, 2.45) is 11.8 Å². The maximum Gasteiger partial charge on any atom is 0.313 e. The minimum atomic E-state index is -1.24. The molecule has 14 heavy (non-hydrogen) atoms. The van der Waals surface area contributed by atoms with Gasteiger partial charge in [-0.25, -0.2) is 0 Å². The first kappa shape index (κ1) is 11.0. The van der Waals surface area contributed by atoms with Gasteiger partial charge in [-0.1, -0.05) is 44.6 Å². The Kier molecular flexibility index (Phi) is 3.11. The first-order valence-corrected chi connectivity index (χ1v) is 4.83. The summed E-state index contributed by atoms with van der Waals surface area (Å²) in [6.07, 6.45) is 7.23. The van der Waals surface area contributed by atoms with E-state index in [2.05, 4.69) is 0 Å². The van der Waals surface area contributed by atoms with Crippen LogP contribution >= 0.6 is 0 Å². The highest BCUT2D eigenvalue weighted by molar-refractivity contribution is 5.75. The average Bonchev–Trinajstić information content (AvgIpc) is 2.16. The molecule has 0 fully saturated rings. The maximum atomic E-state index is 10.9. The van der Waals surface area contributed by atoms with Crippen LogP contribution in [0.4, 0.5) is 0 Å². The predicted octanol–water partition coefficient (Wildman–Crippen LogP) is 1.59. The number of carbonyl (C=O) groups is 1. The van der Waals surface area contributed by atoms with Gasteiger partial charge in [0.1, 0.15) is 11.5 Å². The molecule has 3 unspecified atom stereocenters. The summed E-state index contributed by atoms with van der Waals surface area (Å²) in [5.74, 6) is -1.87. The van der Waals surface area contributed by atoms with E-state index in [9.17, 15) is 9.90 Å². The van der Waals surface area contributed by atoms with E-state index in [1.165, 1.54) is 6.08 Å². The molecule has 0 aromatic rings. The smallest absolute Gasteiger partial charge is 0.313 e. The van der Waals surface area contributed by atoms with Gasteiger partial charge in [0.15, 0.2) is 0 Å². The number of aliphatic hydroxyl groups is 1. The van der Waals surface area contributed by atoms with Gasteiger partial charge in [-0.05, 0) is 5.92 Å². The van der Waals surface area contributed by atoms with E-state index >= 15 is 0 Å². The van der Waals surface area contributed by atoms with Crippen molar-refractivity contribution in [3.8, 4) is 0 Å². The summed E-state index contributed by atoms with van der Waals surface area (Å²) < 4.78 is 0. The highest BCUT2D eigenvalue weighted by Crippen LogP contribution is 2.33. The second kappa shape index (κ2) is 3.96. The SMILES string of the molecule is CCC(C)C1(O)C=CC=CC1C(=O)O. The number of hydrogen-bond acceptors (Lipinski definition) is 2. The topological polar surface area (TPSA) is 57.5 Å². The third-order valence-electron chi connectivity index (χ3n) is 2.94. The van der Waals surface area contributed by atoms with E-state index in [1.54, 1.807) is 18.2 Å². The van der Waals surface area contributed by atoms with Gasteiger partial charge >= 0.3 is 5.97 Å². The van der Waals surface area contributed by atoms with Crippen LogP contribution in [0.5, 0.6) is 0 Å². The largest absolute Gasteiger partial charge is 0.481 e. The molecular weight excluding hydrogens is 180 g/mol. The third kappa shape index (κ3) is 1.73. The average molecular weight is 196 g/mol. The number of hydrogen-bond donors (Lipinski definition) is 2. The molecule has 1 aliphatic rings. The first-order valence-electron chi connectivity index (χ1n) is 4.83. The van der Waals surface area contributed by atoms with Crippen molar-refractivity contribution in [3.63, 3.8) is 0 Å². The zero-order chi connectivity index (χ0) is 10.8. The molecule has 0 amide bonds. The lowest BCUT2D eigenvalue weighted by Crippen LogP contribution is -2.45. The molecule has 0 saturated carbocycles. The van der Waals surface area contributed by atoms with Gasteiger partial charge in [-0.15, -0.1) is 0 Å². The van der Waals surface area contributed by atoms with Crippen molar-refractivity contribution in [2.75, 3.05) is 0 Å². The molecule has 0 saturated heterocycles. The monoisotopic (exact) mass is 196 g/mol. The fraction of sp³-hybridized carbons (Fsp3) is 0.545. The highest BCUT2D eigenvalue weighted by atomic mass is 16.4. The summed E-state index contributed by atoms with van der Waals surface area (Å²) in [4.78, 5) is 10.9. The first-order chi connectivity index (χ1) is 6.52. The second-order valence-corrected chi connectivity index (χ2v) is 3.76. The molecule has 3 atom stereocenters. The molecule has 0 aromatic carbocycles. The van der Waals surface area contributed by atoms with Gasteiger partial charge < -0.3 is 10.2 Å². The van der Waals surface area contributed by atoms with Crippen LogP contribution in [0.1, 0.15) is 20.3 Å². The highest BCUT2D eigenvalue weighted by Gasteiger charge is 2.42. The van der Waals surface area contributed by atoms with Gasteiger partial charge in [-0.2, -0.15) is 0 Å². The van der Waals surface area contributed by atoms with E-state index in [1.807, 2.05) is 13.8 Å². The molecule has 0 aliphatic heterocycles. The second-order valence-electron chi connectivity index (χ2n) is 3.76. The quantitative estimate of drug-likeness (QED) is 0.720. The van der Waals surface area contributed by atoms with Crippen molar-refractivity contribution in [1.82, 2.24) is 0 Å². The van der Waals surface area contributed by atoms with Crippen molar-refractivity contribution in [3.05, 3.63) is 24.3 Å². The van der Waals surface area contributed by atoms with Crippen molar-refractivity contribution in [1.29, 1.82) is 0 Å². The summed E-state index contributed by atoms with van der Waals surface area (Å²) >= 11 is 0. The molecule has 0 heterocycles. The Bertz CT molecular complexity index is 280. The van der Waals surface area contributed by atoms with Gasteiger partial charge in [-0.3, -0.25) is 4.79 Å². The lowest BCUT2D eigenvalue weighted by atomic mass is 9.74. The summed E-state index contributed by atoms with van der Waals surface area (Å²) in [6, 6.07) is 0. The number of allylic oxidation sites excluding steroid dienone is 2. The van der Waals surface area contributed by atoms with Crippen LogP contribution in [0.3, 0.4) is 0 Å². The third-order valence-corrected chi connectivity index (χ3v) is 2.94. The Balaban J connectivity index is 2.99. The molecule has 1 rings (SSSR count). The van der Waals surface area contributed by atoms with E-state index in [0.29, 0.717) is 0 Å². The van der Waals surface area contributed by atoms with E-state index in [0.717, 1.165) is 6.42 Å².